The van der Waals surface area contributed by atoms with Crippen LogP contribution < -0.4 is 14.8 Å². The summed E-state index contributed by atoms with van der Waals surface area (Å²) in [6.45, 7) is 0.673. The third-order valence-electron chi connectivity index (χ3n) is 5.42. The van der Waals surface area contributed by atoms with Gasteiger partial charge in [-0.1, -0.05) is 24.3 Å². The molecule has 0 aliphatic heterocycles. The zero-order valence-electron chi connectivity index (χ0n) is 19.7. The summed E-state index contributed by atoms with van der Waals surface area (Å²) >= 11 is 0. The van der Waals surface area contributed by atoms with E-state index < -0.39 is 16.4 Å². The molecule has 0 spiro atoms. The molecule has 194 valence electrons. The summed E-state index contributed by atoms with van der Waals surface area (Å²) < 4.78 is 69.2. The third kappa shape index (κ3) is 7.30. The molecule has 0 radical (unpaired) electrons. The van der Waals surface area contributed by atoms with Crippen LogP contribution in [-0.4, -0.2) is 48.9 Å². The Labute approximate surface area is 212 Å². The lowest BCUT2D eigenvalue weighted by Gasteiger charge is -2.14. The summed E-state index contributed by atoms with van der Waals surface area (Å²) in [5.74, 6) is -0.435. The lowest BCUT2D eigenvalue weighted by Crippen LogP contribution is -2.26. The van der Waals surface area contributed by atoms with Crippen molar-refractivity contribution in [3.63, 3.8) is 0 Å². The second-order valence-corrected chi connectivity index (χ2v) is 10.1. The normalized spacial score (nSPS) is 11.9. The summed E-state index contributed by atoms with van der Waals surface area (Å²) in [7, 11) is -2.04. The van der Waals surface area contributed by atoms with Crippen LogP contribution in [0.1, 0.15) is 5.56 Å². The first-order valence-electron chi connectivity index (χ1n) is 11.2. The number of hydrogen-bond acceptors (Lipinski definition) is 6. The lowest BCUT2D eigenvalue weighted by atomic mass is 10.00. The highest BCUT2D eigenvalue weighted by Crippen LogP contribution is 2.33. The van der Waals surface area contributed by atoms with Crippen LogP contribution in [0.15, 0.2) is 79.3 Å². The molecule has 0 bridgehead atoms. The molecule has 8 nitrogen and oxygen atoms in total. The Morgan fingerprint density at radius 1 is 1.03 bits per heavy atom. The number of sulfonamides is 1. The number of nitrogens with zero attached hydrogens (tertiary/aromatic N) is 3. The van der Waals surface area contributed by atoms with E-state index in [1.807, 2.05) is 30.5 Å². The third-order valence-corrected chi connectivity index (χ3v) is 6.79. The first-order chi connectivity index (χ1) is 17.6. The second kappa shape index (κ2) is 11.0. The number of ether oxygens (including phenoxy) is 1. The van der Waals surface area contributed by atoms with Gasteiger partial charge in [-0.05, 0) is 60.1 Å². The van der Waals surface area contributed by atoms with Crippen LogP contribution in [0.5, 0.6) is 5.75 Å². The molecule has 0 saturated carbocycles. The van der Waals surface area contributed by atoms with E-state index in [0.717, 1.165) is 11.1 Å². The molecule has 0 atom stereocenters. The van der Waals surface area contributed by atoms with Crippen molar-refractivity contribution in [2.24, 2.45) is 0 Å². The smallest absolute Gasteiger partial charge is 0.406 e. The van der Waals surface area contributed by atoms with Crippen LogP contribution in [0.2, 0.25) is 0 Å². The highest BCUT2D eigenvalue weighted by Gasteiger charge is 2.31. The molecule has 0 unspecified atom stereocenters. The number of rotatable bonds is 10. The molecule has 0 aliphatic carbocycles. The number of hydrogen-bond donors (Lipinski definition) is 2. The van der Waals surface area contributed by atoms with Crippen LogP contribution in [0.4, 0.5) is 18.9 Å². The first kappa shape index (κ1) is 26.2. The Bertz CT molecular complexity index is 1440. The molecule has 0 amide bonds. The van der Waals surface area contributed by atoms with Crippen molar-refractivity contribution in [3.05, 3.63) is 84.8 Å². The van der Waals surface area contributed by atoms with Gasteiger partial charge >= 0.3 is 6.36 Å². The van der Waals surface area contributed by atoms with E-state index >= 15 is 0 Å². The Kier molecular flexibility index (Phi) is 7.79. The van der Waals surface area contributed by atoms with Gasteiger partial charge < -0.3 is 10.1 Å². The Morgan fingerprint density at radius 2 is 1.78 bits per heavy atom. The maximum atomic E-state index is 12.5. The van der Waals surface area contributed by atoms with Gasteiger partial charge in [0.1, 0.15) is 5.75 Å². The standard InChI is InChI=1S/C25H24F3N5O3S/c1-29-37(34,35)14-12-31-23-9-6-20(19-4-7-21(8-5-19)36-25(26,27)28)15-22(23)24-10-13-33(32-24)17-18-3-2-11-30-16-18/h2-11,13,15-16,29,31H,12,14,17H2,1H3. The van der Waals surface area contributed by atoms with Gasteiger partial charge in [0, 0.05) is 36.4 Å². The molecule has 12 heteroatoms. The van der Waals surface area contributed by atoms with Gasteiger partial charge in [-0.3, -0.25) is 9.67 Å². The Morgan fingerprint density at radius 3 is 2.46 bits per heavy atom. The number of anilines is 1. The number of alkyl halides is 3. The number of pyridine rings is 1. The number of nitrogens with one attached hydrogen (secondary N) is 2. The molecule has 0 fully saturated rings. The second-order valence-electron chi connectivity index (χ2n) is 8.04. The van der Waals surface area contributed by atoms with Gasteiger partial charge in [0.25, 0.3) is 0 Å². The highest BCUT2D eigenvalue weighted by atomic mass is 32.2. The lowest BCUT2D eigenvalue weighted by molar-refractivity contribution is -0.274. The zero-order valence-corrected chi connectivity index (χ0v) is 20.6. The maximum absolute atomic E-state index is 12.5. The van der Waals surface area contributed by atoms with Crippen LogP contribution in [-0.2, 0) is 16.6 Å². The van der Waals surface area contributed by atoms with Crippen LogP contribution >= 0.6 is 0 Å². The average molecular weight is 532 g/mol. The fourth-order valence-electron chi connectivity index (χ4n) is 3.63. The fourth-order valence-corrected chi connectivity index (χ4v) is 4.21. The van der Waals surface area contributed by atoms with Gasteiger partial charge in [-0.2, -0.15) is 5.10 Å². The van der Waals surface area contributed by atoms with Gasteiger partial charge in [-0.15, -0.1) is 13.2 Å². The highest BCUT2D eigenvalue weighted by molar-refractivity contribution is 7.89. The first-order valence-corrected chi connectivity index (χ1v) is 12.9. The monoisotopic (exact) mass is 531 g/mol. The zero-order chi connectivity index (χ0) is 26.5. The minimum Gasteiger partial charge on any atom is -0.406 e. The van der Waals surface area contributed by atoms with E-state index in [2.05, 4.69) is 24.9 Å². The summed E-state index contributed by atoms with van der Waals surface area (Å²) in [6, 6.07) is 16.6. The minimum absolute atomic E-state index is 0.124. The van der Waals surface area contributed by atoms with Gasteiger partial charge in [-0.25, -0.2) is 13.1 Å². The Hall–Kier alpha value is -3.90. The van der Waals surface area contributed by atoms with E-state index in [1.54, 1.807) is 29.2 Å². The van der Waals surface area contributed by atoms with E-state index in [-0.39, 0.29) is 18.0 Å². The fraction of sp³-hybridized carbons (Fsp3) is 0.200. The Balaban J connectivity index is 1.63. The quantitative estimate of drug-likeness (QED) is 0.312. The van der Waals surface area contributed by atoms with Crippen molar-refractivity contribution in [1.82, 2.24) is 19.5 Å². The van der Waals surface area contributed by atoms with Crippen LogP contribution in [0.3, 0.4) is 0 Å². The molecule has 2 aromatic heterocycles. The van der Waals surface area contributed by atoms with E-state index in [9.17, 15) is 21.6 Å². The molecule has 4 aromatic rings. The SMILES string of the molecule is CNS(=O)(=O)CCNc1ccc(-c2ccc(OC(F)(F)F)cc2)cc1-c1ccn(Cc2cccnc2)n1. The van der Waals surface area contributed by atoms with E-state index in [0.29, 0.717) is 29.1 Å². The molecule has 2 aromatic carbocycles. The molecule has 4 rings (SSSR count). The van der Waals surface area contributed by atoms with E-state index in [1.165, 1.54) is 31.3 Å². The van der Waals surface area contributed by atoms with Crippen LogP contribution in [0, 0.1) is 0 Å². The molecule has 0 aliphatic rings. The number of halogens is 3. The van der Waals surface area contributed by atoms with Crippen molar-refractivity contribution in [2.75, 3.05) is 24.7 Å². The van der Waals surface area contributed by atoms with Gasteiger partial charge in [0.15, 0.2) is 0 Å². The summed E-state index contributed by atoms with van der Waals surface area (Å²) in [6.07, 6.45) is 0.506. The summed E-state index contributed by atoms with van der Waals surface area (Å²) in [4.78, 5) is 4.11. The number of aromatic nitrogens is 3. The van der Waals surface area contributed by atoms with Gasteiger partial charge in [0.2, 0.25) is 10.0 Å². The van der Waals surface area contributed by atoms with Crippen molar-refractivity contribution < 1.29 is 26.3 Å². The van der Waals surface area contributed by atoms with Crippen molar-refractivity contribution >= 4 is 15.7 Å². The predicted molar refractivity (Wildman–Crippen MR) is 134 cm³/mol. The molecular weight excluding hydrogens is 507 g/mol. The molecule has 2 heterocycles. The largest absolute Gasteiger partial charge is 0.573 e. The van der Waals surface area contributed by atoms with Crippen molar-refractivity contribution in [3.8, 4) is 28.1 Å². The molecular formula is C25H24F3N5O3S. The van der Waals surface area contributed by atoms with E-state index in [4.69, 9.17) is 0 Å². The van der Waals surface area contributed by atoms with Crippen LogP contribution in [0.25, 0.3) is 22.4 Å². The molecule has 2 N–H and O–H groups in total. The predicted octanol–water partition coefficient (Wildman–Crippen LogP) is 4.52. The van der Waals surface area contributed by atoms with Crippen molar-refractivity contribution in [2.45, 2.75) is 12.9 Å². The minimum atomic E-state index is -4.77. The average Bonchev–Trinajstić information content (AvgIpc) is 3.32. The molecule has 37 heavy (non-hydrogen) atoms. The number of benzene rings is 2. The summed E-state index contributed by atoms with van der Waals surface area (Å²) in [5.41, 5.74) is 4.40. The maximum Gasteiger partial charge on any atom is 0.573 e. The van der Waals surface area contributed by atoms with Crippen molar-refractivity contribution in [1.29, 1.82) is 0 Å². The topological polar surface area (TPSA) is 98.1 Å². The molecule has 0 saturated heterocycles. The van der Waals surface area contributed by atoms with Gasteiger partial charge in [0.05, 0.1) is 18.0 Å². The summed E-state index contributed by atoms with van der Waals surface area (Å²) in [5, 5.41) is 7.82.